The van der Waals surface area contributed by atoms with Crippen molar-refractivity contribution in [1.82, 2.24) is 14.5 Å². The van der Waals surface area contributed by atoms with Crippen LogP contribution in [0.5, 0.6) is 0 Å². The first-order chi connectivity index (χ1) is 9.71. The largest absolute Gasteiger partial charge is 0.312 e. The second kappa shape index (κ2) is 6.51. The molecule has 0 radical (unpaired) electrons. The maximum Gasteiger partial charge on any atom is 0.160 e. The average Bonchev–Trinajstić information content (AvgIpc) is 2.78. The fraction of sp³-hybridized carbons (Fsp3) is 0.562. The van der Waals surface area contributed by atoms with Crippen molar-refractivity contribution in [3.63, 3.8) is 0 Å². The van der Waals surface area contributed by atoms with Gasteiger partial charge < -0.3 is 4.57 Å². The smallest absolute Gasteiger partial charge is 0.160 e. The Morgan fingerprint density at radius 2 is 2.10 bits per heavy atom. The zero-order valence-corrected chi connectivity index (χ0v) is 12.6. The summed E-state index contributed by atoms with van der Waals surface area (Å²) in [6.45, 7) is 7.27. The highest BCUT2D eigenvalue weighted by molar-refractivity contribution is 5.72. The highest BCUT2D eigenvalue weighted by Crippen LogP contribution is 2.26. The van der Waals surface area contributed by atoms with Gasteiger partial charge in [-0.25, -0.2) is 9.97 Å². The zero-order valence-electron chi connectivity index (χ0n) is 12.6. The van der Waals surface area contributed by atoms with Crippen LogP contribution >= 0.6 is 0 Å². The lowest BCUT2D eigenvalue weighted by Gasteiger charge is -2.14. The van der Waals surface area contributed by atoms with Gasteiger partial charge in [0.1, 0.15) is 11.3 Å². The molecule has 2 rings (SSSR count). The predicted octanol–water partition coefficient (Wildman–Crippen LogP) is 3.95. The van der Waals surface area contributed by atoms with Gasteiger partial charge in [-0.2, -0.15) is 5.26 Å². The summed E-state index contributed by atoms with van der Waals surface area (Å²) in [5.41, 5.74) is 3.06. The Balaban J connectivity index is 2.47. The van der Waals surface area contributed by atoms with Crippen LogP contribution in [0.2, 0.25) is 0 Å². The molecular weight excluding hydrogens is 248 g/mol. The van der Waals surface area contributed by atoms with Gasteiger partial charge in [-0.15, -0.1) is 0 Å². The molecule has 0 atom stereocenters. The highest BCUT2D eigenvalue weighted by atomic mass is 15.1. The van der Waals surface area contributed by atoms with Crippen molar-refractivity contribution < 1.29 is 0 Å². The Hall–Kier alpha value is -1.89. The molecule has 2 aromatic rings. The fourth-order valence-electron chi connectivity index (χ4n) is 2.63. The minimum Gasteiger partial charge on any atom is -0.312 e. The summed E-state index contributed by atoms with van der Waals surface area (Å²) >= 11 is 0. The van der Waals surface area contributed by atoms with Gasteiger partial charge in [0.25, 0.3) is 0 Å². The molecular formula is C16H22N4. The van der Waals surface area contributed by atoms with E-state index in [-0.39, 0.29) is 0 Å². The number of fused-ring (bicyclic) bond motifs is 1. The topological polar surface area (TPSA) is 54.5 Å². The molecule has 0 amide bonds. The molecule has 0 aromatic carbocycles. The summed E-state index contributed by atoms with van der Waals surface area (Å²) in [6, 6.07) is 4.30. The van der Waals surface area contributed by atoms with Crippen LogP contribution < -0.4 is 0 Å². The van der Waals surface area contributed by atoms with Crippen LogP contribution in [0.3, 0.4) is 0 Å². The van der Waals surface area contributed by atoms with Crippen molar-refractivity contribution in [3.8, 4) is 6.07 Å². The third-order valence-electron chi connectivity index (χ3n) is 3.77. The molecule has 4 heteroatoms. The molecule has 2 heterocycles. The van der Waals surface area contributed by atoms with E-state index in [2.05, 4.69) is 35.5 Å². The second-order valence-electron chi connectivity index (χ2n) is 5.25. The van der Waals surface area contributed by atoms with Gasteiger partial charge in [0, 0.05) is 25.1 Å². The van der Waals surface area contributed by atoms with Crippen molar-refractivity contribution >= 4 is 11.2 Å². The molecule has 0 fully saturated rings. The molecule has 0 aliphatic carbocycles. The maximum absolute atomic E-state index is 8.72. The van der Waals surface area contributed by atoms with E-state index >= 15 is 0 Å². The van der Waals surface area contributed by atoms with Crippen molar-refractivity contribution in [2.45, 2.75) is 58.9 Å². The molecule has 0 saturated carbocycles. The minimum atomic E-state index is 0.464. The van der Waals surface area contributed by atoms with Crippen LogP contribution in [-0.2, 0) is 6.54 Å². The van der Waals surface area contributed by atoms with Crippen LogP contribution in [-0.4, -0.2) is 14.5 Å². The normalized spacial score (nSPS) is 11.2. The van der Waals surface area contributed by atoms with E-state index in [0.29, 0.717) is 12.3 Å². The van der Waals surface area contributed by atoms with Gasteiger partial charge in [0.05, 0.1) is 6.07 Å². The van der Waals surface area contributed by atoms with Crippen LogP contribution in [0.25, 0.3) is 11.2 Å². The SMILES string of the molecule is CCC(CC)c1nc2cc(C)cnc2n1CCCC#N. The number of pyridine rings is 1. The molecule has 4 nitrogen and oxygen atoms in total. The molecule has 0 saturated heterocycles. The summed E-state index contributed by atoms with van der Waals surface area (Å²) in [5, 5.41) is 8.72. The van der Waals surface area contributed by atoms with Crippen molar-refractivity contribution in [3.05, 3.63) is 23.7 Å². The third-order valence-corrected chi connectivity index (χ3v) is 3.77. The van der Waals surface area contributed by atoms with Crippen LogP contribution in [0.1, 0.15) is 56.8 Å². The van der Waals surface area contributed by atoms with E-state index < -0.39 is 0 Å². The van der Waals surface area contributed by atoms with Crippen LogP contribution in [0.4, 0.5) is 0 Å². The molecule has 0 unspecified atom stereocenters. The van der Waals surface area contributed by atoms with Crippen molar-refractivity contribution in [2.24, 2.45) is 0 Å². The Morgan fingerprint density at radius 1 is 1.35 bits per heavy atom. The molecule has 2 aromatic heterocycles. The number of aromatic nitrogens is 3. The van der Waals surface area contributed by atoms with E-state index in [9.17, 15) is 0 Å². The number of rotatable bonds is 6. The molecule has 0 bridgehead atoms. The number of hydrogen-bond donors (Lipinski definition) is 0. The maximum atomic E-state index is 8.72. The third kappa shape index (κ3) is 2.82. The van der Waals surface area contributed by atoms with Gasteiger partial charge in [0.2, 0.25) is 0 Å². The Kier molecular flexibility index (Phi) is 4.73. The first-order valence-corrected chi connectivity index (χ1v) is 7.41. The molecule has 0 spiro atoms. The summed E-state index contributed by atoms with van der Waals surface area (Å²) in [6.07, 6.45) is 5.48. The van der Waals surface area contributed by atoms with E-state index in [1.165, 1.54) is 0 Å². The Morgan fingerprint density at radius 3 is 2.75 bits per heavy atom. The second-order valence-corrected chi connectivity index (χ2v) is 5.25. The monoisotopic (exact) mass is 270 g/mol. The summed E-state index contributed by atoms with van der Waals surface area (Å²) in [4.78, 5) is 9.36. The van der Waals surface area contributed by atoms with Gasteiger partial charge in [-0.3, -0.25) is 0 Å². The highest BCUT2D eigenvalue weighted by Gasteiger charge is 2.18. The van der Waals surface area contributed by atoms with E-state index in [1.807, 2.05) is 13.1 Å². The van der Waals surface area contributed by atoms with Gasteiger partial charge in [-0.1, -0.05) is 13.8 Å². The number of nitrogens with zero attached hydrogens (tertiary/aromatic N) is 4. The number of aryl methyl sites for hydroxylation is 2. The standard InChI is InChI=1S/C16H22N4/c1-4-13(5-2)15-19-14-10-12(3)11-18-16(14)20(15)9-7-6-8-17/h10-11,13H,4-7,9H2,1-3H3. The molecule has 0 aliphatic heterocycles. The lowest BCUT2D eigenvalue weighted by atomic mass is 10.0. The van der Waals surface area contributed by atoms with E-state index in [4.69, 9.17) is 10.2 Å². The predicted molar refractivity (Wildman–Crippen MR) is 80.4 cm³/mol. The van der Waals surface area contributed by atoms with Crippen LogP contribution in [0.15, 0.2) is 12.3 Å². The summed E-state index contributed by atoms with van der Waals surface area (Å²) < 4.78 is 2.21. The summed E-state index contributed by atoms with van der Waals surface area (Å²) in [7, 11) is 0. The molecule has 0 aliphatic rings. The van der Waals surface area contributed by atoms with Gasteiger partial charge in [0.15, 0.2) is 5.65 Å². The lowest BCUT2D eigenvalue weighted by molar-refractivity contribution is 0.542. The van der Waals surface area contributed by atoms with E-state index in [0.717, 1.165) is 48.4 Å². The summed E-state index contributed by atoms with van der Waals surface area (Å²) in [5.74, 6) is 1.59. The quantitative estimate of drug-likeness (QED) is 0.747. The van der Waals surface area contributed by atoms with Gasteiger partial charge in [-0.05, 0) is 37.8 Å². The minimum absolute atomic E-state index is 0.464. The van der Waals surface area contributed by atoms with Crippen molar-refractivity contribution in [2.75, 3.05) is 0 Å². The molecule has 106 valence electrons. The number of nitriles is 1. The average molecular weight is 270 g/mol. The first-order valence-electron chi connectivity index (χ1n) is 7.41. The number of unbranched alkanes of at least 4 members (excludes halogenated alkanes) is 1. The van der Waals surface area contributed by atoms with Crippen molar-refractivity contribution in [1.29, 1.82) is 5.26 Å². The Labute approximate surface area is 120 Å². The molecule has 0 N–H and O–H groups in total. The van der Waals surface area contributed by atoms with E-state index in [1.54, 1.807) is 0 Å². The molecule has 20 heavy (non-hydrogen) atoms. The zero-order chi connectivity index (χ0) is 14.5. The number of hydrogen-bond acceptors (Lipinski definition) is 3. The number of imidazole rings is 1. The van der Waals surface area contributed by atoms with Gasteiger partial charge >= 0.3 is 0 Å². The lowest BCUT2D eigenvalue weighted by Crippen LogP contribution is -2.09. The fourth-order valence-corrected chi connectivity index (χ4v) is 2.63. The van der Waals surface area contributed by atoms with Crippen LogP contribution in [0, 0.1) is 18.3 Å². The first kappa shape index (κ1) is 14.5. The Bertz CT molecular complexity index is 617.